The van der Waals surface area contributed by atoms with Gasteiger partial charge in [0.1, 0.15) is 73.2 Å². The number of carbonyl (C=O) groups excluding carboxylic acids is 1. The summed E-state index contributed by atoms with van der Waals surface area (Å²) in [4.78, 5) is 13.5. The van der Waals surface area contributed by atoms with Crippen molar-refractivity contribution in [3.05, 3.63) is 60.8 Å². The molecule has 19 heteroatoms. The molecule has 3 fully saturated rings. The number of unbranched alkanes of at least 4 members (excludes halogenated alkanes) is 53. The molecule has 19 nitrogen and oxygen atoms in total. The molecule has 0 spiro atoms. The third-order valence-electron chi connectivity index (χ3n) is 23.3. The van der Waals surface area contributed by atoms with Crippen molar-refractivity contribution in [2.75, 3.05) is 26.4 Å². The first kappa shape index (κ1) is 105. The molecule has 3 saturated heterocycles. The highest BCUT2D eigenvalue weighted by Crippen LogP contribution is 2.34. The minimum absolute atomic E-state index is 0.235. The SMILES string of the molecule is CCCCCCC/C=C\C/C=C\CCCCCCCCCCCCCCCCCCCCCCCCCCCCCCCC(=O)NC(COC1OC(CO)C(OC2OC(CO)C(OC3OC(CO)C(O)C(O)C3O)C(O)C2O)C(O)C1O)C(O)/C=C/CC/C=C/CC/C=C/CCCCCCCCCCCCCCCCCCC. The molecular weight excluding hydrogens is 1430 g/mol. The number of aliphatic hydroxyl groups excluding tert-OH is 11. The molecule has 0 saturated carbocycles. The van der Waals surface area contributed by atoms with Gasteiger partial charge in [-0.15, -0.1) is 0 Å². The standard InChI is InChI=1S/C94H173NO18/c1-3-5-7-9-11-13-15-17-19-21-23-25-27-29-31-32-33-34-35-36-37-38-39-40-41-42-43-44-46-48-50-52-54-56-58-60-62-64-66-68-70-72-82(100)95-77(78(99)71-69-67-65-63-61-59-57-55-53-51-49-47-45-30-28-26-24-22-20-18-16-14-12-10-8-6-4-2)76-108-92-88(106)85(103)90(80(74-97)110-92)113-94-89(107)86(104)91(81(75-98)111-94)112-93-87(105)84(102)83(101)79(73-96)109-93/h15,17,21,23,53,55,61,63,69,71,77-81,83-94,96-99,101-107H,3-14,16,18-20,22,24-52,54,56-60,62,64-68,70,72-76H2,1-2H3,(H,95,100)/b17-15-,23-21-,55-53+,63-61+,71-69+. The Bertz CT molecular complexity index is 2270. The van der Waals surface area contributed by atoms with Crippen LogP contribution in [0.4, 0.5) is 0 Å². The van der Waals surface area contributed by atoms with Crippen LogP contribution in [0.5, 0.6) is 0 Å². The molecule has 17 unspecified atom stereocenters. The van der Waals surface area contributed by atoms with E-state index in [2.05, 4.69) is 67.8 Å². The van der Waals surface area contributed by atoms with Crippen LogP contribution in [0, 0.1) is 0 Å². The number of aliphatic hydroxyl groups is 11. The van der Waals surface area contributed by atoms with Gasteiger partial charge < -0.3 is 89.9 Å². The Balaban J connectivity index is 1.30. The van der Waals surface area contributed by atoms with Crippen molar-refractivity contribution in [3.8, 4) is 0 Å². The molecule has 0 aromatic carbocycles. The van der Waals surface area contributed by atoms with E-state index in [0.29, 0.717) is 12.8 Å². The van der Waals surface area contributed by atoms with Crippen molar-refractivity contribution in [2.45, 2.75) is 503 Å². The molecular formula is C94H173NO18. The predicted molar refractivity (Wildman–Crippen MR) is 457 cm³/mol. The van der Waals surface area contributed by atoms with Gasteiger partial charge in [-0.3, -0.25) is 4.79 Å². The van der Waals surface area contributed by atoms with Gasteiger partial charge in [0.2, 0.25) is 5.91 Å². The highest BCUT2D eigenvalue weighted by atomic mass is 16.8. The van der Waals surface area contributed by atoms with Crippen LogP contribution < -0.4 is 5.32 Å². The Kier molecular flexibility index (Phi) is 68.0. The summed E-state index contributed by atoms with van der Waals surface area (Å²) < 4.78 is 34.5. The topological polar surface area (TPSA) is 307 Å². The maximum Gasteiger partial charge on any atom is 0.220 e. The highest BCUT2D eigenvalue weighted by Gasteiger charge is 2.54. The molecule has 1 amide bonds. The largest absolute Gasteiger partial charge is 0.394 e. The zero-order valence-corrected chi connectivity index (χ0v) is 71.6. The summed E-state index contributed by atoms with van der Waals surface area (Å²) in [7, 11) is 0. The highest BCUT2D eigenvalue weighted by molar-refractivity contribution is 5.76. The van der Waals surface area contributed by atoms with E-state index in [4.69, 9.17) is 28.4 Å². The average Bonchev–Trinajstić information content (AvgIpc) is 0.777. The van der Waals surface area contributed by atoms with Crippen molar-refractivity contribution in [1.29, 1.82) is 0 Å². The molecule has 17 atom stereocenters. The van der Waals surface area contributed by atoms with Crippen molar-refractivity contribution < 1.29 is 89.4 Å². The molecule has 113 heavy (non-hydrogen) atoms. The molecule has 662 valence electrons. The second-order valence-corrected chi connectivity index (χ2v) is 33.5. The number of hydrogen-bond acceptors (Lipinski definition) is 18. The van der Waals surface area contributed by atoms with Gasteiger partial charge in [-0.25, -0.2) is 0 Å². The minimum atomic E-state index is -1.98. The fraction of sp³-hybridized carbons (Fsp3) is 0.883. The number of ether oxygens (including phenoxy) is 6. The normalized spacial score (nSPS) is 25.1. The van der Waals surface area contributed by atoms with Crippen molar-refractivity contribution >= 4 is 5.91 Å². The van der Waals surface area contributed by atoms with Crippen molar-refractivity contribution in [1.82, 2.24) is 5.32 Å². The minimum Gasteiger partial charge on any atom is -0.394 e. The van der Waals surface area contributed by atoms with E-state index < -0.39 is 124 Å². The van der Waals surface area contributed by atoms with E-state index in [1.165, 1.54) is 315 Å². The van der Waals surface area contributed by atoms with Crippen LogP contribution in [0.25, 0.3) is 0 Å². The zero-order valence-electron chi connectivity index (χ0n) is 71.6. The van der Waals surface area contributed by atoms with Gasteiger partial charge in [-0.1, -0.05) is 376 Å². The van der Waals surface area contributed by atoms with Crippen molar-refractivity contribution in [2.24, 2.45) is 0 Å². The quantitative estimate of drug-likeness (QED) is 0.0199. The van der Waals surface area contributed by atoms with Crippen LogP contribution >= 0.6 is 0 Å². The molecule has 3 aliphatic rings. The van der Waals surface area contributed by atoms with E-state index in [9.17, 15) is 61.0 Å². The Hall–Kier alpha value is -2.51. The van der Waals surface area contributed by atoms with Crippen molar-refractivity contribution in [3.63, 3.8) is 0 Å². The molecule has 3 aliphatic heterocycles. The third kappa shape index (κ3) is 51.7. The summed E-state index contributed by atoms with van der Waals surface area (Å²) in [6, 6.07) is -0.999. The van der Waals surface area contributed by atoms with Gasteiger partial charge in [-0.2, -0.15) is 0 Å². The number of rotatable bonds is 77. The van der Waals surface area contributed by atoms with Crippen LogP contribution in [0.3, 0.4) is 0 Å². The molecule has 0 aliphatic carbocycles. The fourth-order valence-corrected chi connectivity index (χ4v) is 15.8. The fourth-order valence-electron chi connectivity index (χ4n) is 15.8. The first-order valence-corrected chi connectivity index (χ1v) is 47.0. The maximum atomic E-state index is 13.5. The lowest BCUT2D eigenvalue weighted by Crippen LogP contribution is -2.66. The average molecular weight is 1610 g/mol. The summed E-state index contributed by atoms with van der Waals surface area (Å²) >= 11 is 0. The van der Waals surface area contributed by atoms with Crippen LogP contribution in [0.15, 0.2) is 60.8 Å². The number of hydrogen-bond donors (Lipinski definition) is 12. The number of allylic oxidation sites excluding steroid dienone is 9. The van der Waals surface area contributed by atoms with E-state index in [1.54, 1.807) is 6.08 Å². The predicted octanol–water partition coefficient (Wildman–Crippen LogP) is 18.5. The maximum absolute atomic E-state index is 13.5. The van der Waals surface area contributed by atoms with E-state index in [0.717, 1.165) is 51.4 Å². The zero-order chi connectivity index (χ0) is 81.7. The van der Waals surface area contributed by atoms with Gasteiger partial charge in [0.05, 0.1) is 38.6 Å². The smallest absolute Gasteiger partial charge is 0.220 e. The first-order valence-electron chi connectivity index (χ1n) is 47.0. The van der Waals surface area contributed by atoms with Gasteiger partial charge in [0, 0.05) is 6.42 Å². The van der Waals surface area contributed by atoms with Crippen LogP contribution in [-0.4, -0.2) is 193 Å². The summed E-state index contributed by atoms with van der Waals surface area (Å²) in [5.41, 5.74) is 0. The Morgan fingerprint density at radius 2 is 0.593 bits per heavy atom. The van der Waals surface area contributed by atoms with Crippen LogP contribution in [0.2, 0.25) is 0 Å². The Morgan fingerprint density at radius 3 is 0.938 bits per heavy atom. The van der Waals surface area contributed by atoms with Gasteiger partial charge in [0.25, 0.3) is 0 Å². The lowest BCUT2D eigenvalue weighted by Gasteiger charge is -2.48. The molecule has 0 bridgehead atoms. The van der Waals surface area contributed by atoms with Gasteiger partial charge in [-0.05, 0) is 77.0 Å². The summed E-state index contributed by atoms with van der Waals surface area (Å²) in [5, 5.41) is 121. The van der Waals surface area contributed by atoms with Gasteiger partial charge in [0.15, 0.2) is 18.9 Å². The second kappa shape index (κ2) is 73.4. The number of carbonyl (C=O) groups is 1. The molecule has 3 rings (SSSR count). The van der Waals surface area contributed by atoms with Crippen LogP contribution in [-0.2, 0) is 33.2 Å². The molecule has 0 aromatic rings. The second-order valence-electron chi connectivity index (χ2n) is 33.5. The number of nitrogens with one attached hydrogen (secondary N) is 1. The van der Waals surface area contributed by atoms with Crippen LogP contribution in [0.1, 0.15) is 399 Å². The summed E-state index contributed by atoms with van der Waals surface area (Å²) in [6.07, 6.45) is 71.2. The lowest BCUT2D eigenvalue weighted by molar-refractivity contribution is -0.379. The molecule has 0 aromatic heterocycles. The first-order chi connectivity index (χ1) is 55.3. The summed E-state index contributed by atoms with van der Waals surface area (Å²) in [6.45, 7) is 1.76. The Morgan fingerprint density at radius 1 is 0.319 bits per heavy atom. The molecule has 3 heterocycles. The Labute approximate surface area is 687 Å². The third-order valence-corrected chi connectivity index (χ3v) is 23.3. The van der Waals surface area contributed by atoms with E-state index in [-0.39, 0.29) is 18.9 Å². The lowest BCUT2D eigenvalue weighted by atomic mass is 9.96. The molecule has 12 N–H and O–H groups in total. The summed E-state index contributed by atoms with van der Waals surface area (Å²) in [5.74, 6) is -0.282. The van der Waals surface area contributed by atoms with E-state index >= 15 is 0 Å². The van der Waals surface area contributed by atoms with E-state index in [1.807, 2.05) is 6.08 Å². The monoisotopic (exact) mass is 1600 g/mol. The van der Waals surface area contributed by atoms with Gasteiger partial charge >= 0.3 is 0 Å². The number of amides is 1. The molecule has 0 radical (unpaired) electrons.